The van der Waals surface area contributed by atoms with Crippen LogP contribution in [0.1, 0.15) is 18.4 Å². The summed E-state index contributed by atoms with van der Waals surface area (Å²) in [6.07, 6.45) is 5.18. The fraction of sp³-hybridized carbons (Fsp3) is 0.423. The van der Waals surface area contributed by atoms with Crippen molar-refractivity contribution in [3.63, 3.8) is 0 Å². The van der Waals surface area contributed by atoms with Gasteiger partial charge in [0.15, 0.2) is 0 Å². The fourth-order valence-corrected chi connectivity index (χ4v) is 5.71. The Morgan fingerprint density at radius 1 is 1.25 bits per heavy atom. The number of anilines is 1. The third-order valence-electron chi connectivity index (χ3n) is 6.58. The minimum atomic E-state index is -0.333. The van der Waals surface area contributed by atoms with Gasteiger partial charge in [0.25, 0.3) is 0 Å². The first-order valence-electron chi connectivity index (χ1n) is 11.8. The second-order valence-corrected chi connectivity index (χ2v) is 10.9. The van der Waals surface area contributed by atoms with E-state index in [0.29, 0.717) is 38.3 Å². The standard InChI is InChI=1S/C26H31N7O2Se/c1-32(2)20-7-9-33(10-8-20)26(34)23(15-36-4)31-24-21-12-17(5-6-22(21)29-16-30-24)19-11-18(13-27)25(35-3)28-14-19/h5-6,11-12,14,16,20,23H,7-10,15H2,1-4H3,(H,29,30,31). The number of nitrogens with zero attached hydrogens (tertiary/aromatic N) is 6. The third kappa shape index (κ3) is 5.59. The van der Waals surface area contributed by atoms with Crippen LogP contribution < -0.4 is 10.1 Å². The van der Waals surface area contributed by atoms with Gasteiger partial charge >= 0.3 is 211 Å². The van der Waals surface area contributed by atoms with Gasteiger partial charge in [0.2, 0.25) is 0 Å². The molecule has 9 nitrogen and oxygen atoms in total. The van der Waals surface area contributed by atoms with Gasteiger partial charge in [0.1, 0.15) is 0 Å². The Morgan fingerprint density at radius 3 is 2.69 bits per heavy atom. The molecule has 36 heavy (non-hydrogen) atoms. The summed E-state index contributed by atoms with van der Waals surface area (Å²) in [6.45, 7) is 1.55. The summed E-state index contributed by atoms with van der Waals surface area (Å²) in [6, 6.07) is 9.91. The Balaban J connectivity index is 1.61. The van der Waals surface area contributed by atoms with Crippen LogP contribution in [-0.2, 0) is 4.79 Å². The van der Waals surface area contributed by atoms with Crippen LogP contribution in [0.4, 0.5) is 5.82 Å². The number of pyridine rings is 1. The average molecular weight is 553 g/mol. The number of piperidine rings is 1. The Labute approximate surface area is 218 Å². The van der Waals surface area contributed by atoms with Gasteiger partial charge in [-0.15, -0.1) is 0 Å². The van der Waals surface area contributed by atoms with E-state index in [0.717, 1.165) is 53.3 Å². The summed E-state index contributed by atoms with van der Waals surface area (Å²) in [5, 5.41) is 14.5. The molecule has 188 valence electrons. The van der Waals surface area contributed by atoms with Crippen LogP contribution >= 0.6 is 0 Å². The Hall–Kier alpha value is -3.25. The predicted octanol–water partition coefficient (Wildman–Crippen LogP) is 3.08. The molecular weight excluding hydrogens is 521 g/mol. The number of likely N-dealkylation sites (tertiary alicyclic amines) is 1. The van der Waals surface area contributed by atoms with Crippen molar-refractivity contribution < 1.29 is 9.53 Å². The zero-order chi connectivity index (χ0) is 25.7. The molecule has 0 bridgehead atoms. The number of amides is 1. The molecular formula is C26H31N7O2Se. The number of rotatable bonds is 8. The van der Waals surface area contributed by atoms with Crippen molar-refractivity contribution in [3.05, 3.63) is 42.4 Å². The van der Waals surface area contributed by atoms with Crippen molar-refractivity contribution in [3.8, 4) is 23.1 Å². The Morgan fingerprint density at radius 2 is 2.03 bits per heavy atom. The van der Waals surface area contributed by atoms with Gasteiger partial charge in [0.05, 0.1) is 7.11 Å². The first kappa shape index (κ1) is 25.8. The molecule has 1 aromatic carbocycles. The van der Waals surface area contributed by atoms with E-state index in [2.05, 4.69) is 51.2 Å². The zero-order valence-electron chi connectivity index (χ0n) is 21.1. The first-order chi connectivity index (χ1) is 17.4. The van der Waals surface area contributed by atoms with Crippen LogP contribution in [-0.4, -0.2) is 92.0 Å². The van der Waals surface area contributed by atoms with E-state index in [1.807, 2.05) is 23.1 Å². The van der Waals surface area contributed by atoms with E-state index in [4.69, 9.17) is 4.74 Å². The topological polar surface area (TPSA) is 107 Å². The maximum absolute atomic E-state index is 13.5. The normalized spacial score (nSPS) is 15.1. The Kier molecular flexibility index (Phi) is 8.36. The van der Waals surface area contributed by atoms with Crippen molar-refractivity contribution >= 4 is 37.6 Å². The molecule has 2 aromatic heterocycles. The van der Waals surface area contributed by atoms with E-state index in [1.165, 1.54) is 13.4 Å². The van der Waals surface area contributed by atoms with Crippen LogP contribution in [0, 0.1) is 11.3 Å². The first-order valence-corrected chi connectivity index (χ1v) is 14.8. The number of carbonyl (C=O) groups is 1. The molecule has 0 radical (unpaired) electrons. The van der Waals surface area contributed by atoms with Crippen molar-refractivity contribution in [2.75, 3.05) is 39.6 Å². The molecule has 1 amide bonds. The molecule has 1 aliphatic rings. The number of benzene rings is 1. The molecule has 1 fully saturated rings. The van der Waals surface area contributed by atoms with Crippen LogP contribution in [0.25, 0.3) is 22.0 Å². The number of carbonyl (C=O) groups excluding carboxylic acids is 1. The van der Waals surface area contributed by atoms with Crippen molar-refractivity contribution in [1.82, 2.24) is 24.8 Å². The van der Waals surface area contributed by atoms with Gasteiger partial charge in [-0.25, -0.2) is 0 Å². The van der Waals surface area contributed by atoms with E-state index in [1.54, 1.807) is 12.3 Å². The maximum atomic E-state index is 13.5. The molecule has 10 heteroatoms. The fourth-order valence-electron chi connectivity index (χ4n) is 4.53. The molecule has 4 rings (SSSR count). The number of hydrogen-bond donors (Lipinski definition) is 1. The summed E-state index contributed by atoms with van der Waals surface area (Å²) in [5.41, 5.74) is 2.81. The summed E-state index contributed by atoms with van der Waals surface area (Å²) in [4.78, 5) is 30.9. The number of nitrogens with one attached hydrogen (secondary N) is 1. The molecule has 1 unspecified atom stereocenters. The van der Waals surface area contributed by atoms with Gasteiger partial charge in [-0.05, 0) is 0 Å². The van der Waals surface area contributed by atoms with Crippen LogP contribution in [0.3, 0.4) is 0 Å². The number of aromatic nitrogens is 3. The van der Waals surface area contributed by atoms with E-state index < -0.39 is 0 Å². The predicted molar refractivity (Wildman–Crippen MR) is 141 cm³/mol. The Bertz CT molecular complexity index is 1270. The van der Waals surface area contributed by atoms with Crippen LogP contribution in [0.15, 0.2) is 36.8 Å². The number of hydrogen-bond acceptors (Lipinski definition) is 8. The number of fused-ring (bicyclic) bond motifs is 1. The van der Waals surface area contributed by atoms with Gasteiger partial charge in [0, 0.05) is 0 Å². The zero-order valence-corrected chi connectivity index (χ0v) is 22.8. The molecule has 3 aromatic rings. The molecule has 0 aliphatic carbocycles. The average Bonchev–Trinajstić information content (AvgIpc) is 2.92. The van der Waals surface area contributed by atoms with E-state index in [9.17, 15) is 10.1 Å². The van der Waals surface area contributed by atoms with Crippen molar-refractivity contribution in [1.29, 1.82) is 5.26 Å². The number of ether oxygens (including phenoxy) is 1. The van der Waals surface area contributed by atoms with Gasteiger partial charge in [-0.3, -0.25) is 0 Å². The monoisotopic (exact) mass is 553 g/mol. The molecule has 1 N–H and O–H groups in total. The van der Waals surface area contributed by atoms with Crippen LogP contribution in [0.5, 0.6) is 5.88 Å². The second-order valence-electron chi connectivity index (χ2n) is 9.02. The molecule has 1 atom stereocenters. The SMILES string of the molecule is COc1ncc(-c2ccc3ncnc(NC(C[Se]C)C(=O)N4CCC(N(C)C)CC4)c3c2)cc1C#N. The van der Waals surface area contributed by atoms with Crippen LogP contribution in [0.2, 0.25) is 11.1 Å². The van der Waals surface area contributed by atoms with Crippen molar-refractivity contribution in [2.45, 2.75) is 36.1 Å². The minimum absolute atomic E-state index is 0.136. The van der Waals surface area contributed by atoms with Gasteiger partial charge in [-0.1, -0.05) is 0 Å². The summed E-state index contributed by atoms with van der Waals surface area (Å²) < 4.78 is 5.17. The van der Waals surface area contributed by atoms with E-state index in [-0.39, 0.29) is 11.9 Å². The van der Waals surface area contributed by atoms with Gasteiger partial charge < -0.3 is 0 Å². The molecule has 0 spiro atoms. The quantitative estimate of drug-likeness (QED) is 0.425. The number of nitriles is 1. The number of methoxy groups -OCH3 is 1. The molecule has 3 heterocycles. The van der Waals surface area contributed by atoms with Crippen molar-refractivity contribution in [2.24, 2.45) is 0 Å². The summed E-state index contributed by atoms with van der Waals surface area (Å²) in [7, 11) is 5.70. The molecule has 1 aliphatic heterocycles. The molecule has 1 saturated heterocycles. The molecule has 0 saturated carbocycles. The van der Waals surface area contributed by atoms with Gasteiger partial charge in [-0.2, -0.15) is 0 Å². The summed E-state index contributed by atoms with van der Waals surface area (Å²) >= 11 is 0.311. The second kappa shape index (κ2) is 11.7. The van der Waals surface area contributed by atoms with E-state index >= 15 is 0 Å². The summed E-state index contributed by atoms with van der Waals surface area (Å²) in [5.74, 6) is 3.21. The third-order valence-corrected chi connectivity index (χ3v) is 7.98.